The van der Waals surface area contributed by atoms with E-state index >= 15 is 0 Å². The predicted molar refractivity (Wildman–Crippen MR) is 298 cm³/mol. The van der Waals surface area contributed by atoms with Gasteiger partial charge in [0, 0.05) is 13.0 Å². The standard InChI is InChI=1S/C61H104O14/c1-3-5-7-9-11-13-15-17-19-21-23-24-25-27-29-31-33-35-37-39-41-43-45-70-47-50(73-53(63)44-42-40-38-36-34-32-30-28-26-22-20-18-16-14-12-10-8-6-4-2)48-71-60-59(69)57(67)55(65)52(75-60)49-72-61-58(68)56(66)54(64)51(46-62)74-61/h6,8,12,14-15,17-18,20-21,23,25-28,50-52,54-62,64-69H,3-5,7,9-11,13,16,19,22,24,29-49H2,1-2H3/b8-6-,14-12-,17-15-,20-18-,23-21-,27-25-,28-26-. The number of ether oxygens (including phenoxy) is 6. The second-order valence-corrected chi connectivity index (χ2v) is 20.1. The minimum atomic E-state index is -1.72. The topological polar surface area (TPSA) is 214 Å². The maximum absolute atomic E-state index is 13.1. The van der Waals surface area contributed by atoms with E-state index in [4.69, 9.17) is 28.4 Å². The summed E-state index contributed by atoms with van der Waals surface area (Å²) >= 11 is 0. The Morgan fingerprint density at radius 3 is 1.36 bits per heavy atom. The summed E-state index contributed by atoms with van der Waals surface area (Å²) in [6, 6.07) is 0. The molecule has 0 aliphatic carbocycles. The van der Waals surface area contributed by atoms with E-state index in [2.05, 4.69) is 98.9 Å². The van der Waals surface area contributed by atoms with Gasteiger partial charge in [-0.15, -0.1) is 0 Å². The number of hydrogen-bond donors (Lipinski definition) is 7. The lowest BCUT2D eigenvalue weighted by Gasteiger charge is -2.42. The van der Waals surface area contributed by atoms with Crippen molar-refractivity contribution >= 4 is 5.97 Å². The molecule has 2 aliphatic rings. The first-order valence-corrected chi connectivity index (χ1v) is 29.2. The molecule has 2 aliphatic heterocycles. The molecule has 7 N–H and O–H groups in total. The summed E-state index contributed by atoms with van der Waals surface area (Å²) in [5, 5.41) is 72.4. The van der Waals surface area contributed by atoms with Crippen molar-refractivity contribution < 1.29 is 69.0 Å². The van der Waals surface area contributed by atoms with Crippen LogP contribution < -0.4 is 0 Å². The molecule has 0 aromatic heterocycles. The number of esters is 1. The van der Waals surface area contributed by atoms with Crippen molar-refractivity contribution in [3.05, 3.63) is 85.1 Å². The first kappa shape index (κ1) is 68.3. The SMILES string of the molecule is CC/C=C\C/C=C\C/C=C\C/C=C\CCCCCCCCC(=O)OC(COCCCCCCCCC/C=C\C/C=C\C/C=C\CCCCCCC)COC1OC(COC2OC(CO)C(O)C(O)C2O)C(O)C(O)C1O. The van der Waals surface area contributed by atoms with Gasteiger partial charge in [0.1, 0.15) is 54.9 Å². The van der Waals surface area contributed by atoms with Gasteiger partial charge in [-0.05, 0) is 89.9 Å². The molecule has 432 valence electrons. The van der Waals surface area contributed by atoms with Gasteiger partial charge in [0.05, 0.1) is 26.4 Å². The van der Waals surface area contributed by atoms with Gasteiger partial charge in [0.25, 0.3) is 0 Å². The lowest BCUT2D eigenvalue weighted by Crippen LogP contribution is -2.61. The Morgan fingerprint density at radius 2 is 0.867 bits per heavy atom. The first-order valence-electron chi connectivity index (χ1n) is 29.2. The van der Waals surface area contributed by atoms with Gasteiger partial charge in [-0.3, -0.25) is 4.79 Å². The quantitative estimate of drug-likeness (QED) is 0.0172. The Labute approximate surface area is 452 Å². The molecule has 11 atom stereocenters. The second-order valence-electron chi connectivity index (χ2n) is 20.1. The van der Waals surface area contributed by atoms with Crippen molar-refractivity contribution in [2.45, 2.75) is 261 Å². The number of rotatable bonds is 46. The van der Waals surface area contributed by atoms with Crippen molar-refractivity contribution in [3.8, 4) is 0 Å². The van der Waals surface area contributed by atoms with E-state index in [0.717, 1.165) is 109 Å². The van der Waals surface area contributed by atoms with Crippen molar-refractivity contribution in [2.75, 3.05) is 33.0 Å². The van der Waals surface area contributed by atoms with Gasteiger partial charge in [-0.2, -0.15) is 0 Å². The normalized spacial score (nSPS) is 25.2. The molecular weight excluding hydrogens is 957 g/mol. The molecule has 0 aromatic rings. The fourth-order valence-corrected chi connectivity index (χ4v) is 8.69. The van der Waals surface area contributed by atoms with Gasteiger partial charge < -0.3 is 64.2 Å². The van der Waals surface area contributed by atoms with Crippen molar-refractivity contribution in [1.29, 1.82) is 0 Å². The number of aliphatic hydroxyl groups is 7. The number of aliphatic hydroxyl groups excluding tert-OH is 7. The van der Waals surface area contributed by atoms with Crippen LogP contribution in [0.5, 0.6) is 0 Å². The smallest absolute Gasteiger partial charge is 0.306 e. The Balaban J connectivity index is 1.73. The highest BCUT2D eigenvalue weighted by Gasteiger charge is 2.47. The van der Waals surface area contributed by atoms with Crippen LogP contribution in [0, 0.1) is 0 Å². The summed E-state index contributed by atoms with van der Waals surface area (Å²) in [5.41, 5.74) is 0. The van der Waals surface area contributed by atoms with Crippen LogP contribution >= 0.6 is 0 Å². The molecule has 0 aromatic carbocycles. The van der Waals surface area contributed by atoms with Crippen molar-refractivity contribution in [2.24, 2.45) is 0 Å². The summed E-state index contributed by atoms with van der Waals surface area (Å²) in [5.74, 6) is -0.396. The van der Waals surface area contributed by atoms with Crippen LogP contribution in [-0.4, -0.2) is 142 Å². The monoisotopic (exact) mass is 1060 g/mol. The zero-order chi connectivity index (χ0) is 54.4. The second kappa shape index (κ2) is 47.2. The molecule has 0 bridgehead atoms. The molecule has 2 rings (SSSR count). The third-order valence-corrected chi connectivity index (χ3v) is 13.4. The highest BCUT2D eigenvalue weighted by molar-refractivity contribution is 5.69. The van der Waals surface area contributed by atoms with Gasteiger partial charge in [-0.1, -0.05) is 182 Å². The molecular formula is C61H104O14. The fourth-order valence-electron chi connectivity index (χ4n) is 8.69. The van der Waals surface area contributed by atoms with E-state index in [1.54, 1.807) is 0 Å². The predicted octanol–water partition coefficient (Wildman–Crippen LogP) is 10.4. The van der Waals surface area contributed by atoms with Crippen LogP contribution in [0.15, 0.2) is 85.1 Å². The number of allylic oxidation sites excluding steroid dienone is 14. The average Bonchev–Trinajstić information content (AvgIpc) is 3.41. The molecule has 14 nitrogen and oxygen atoms in total. The number of carbonyl (C=O) groups excluding carboxylic acids is 1. The number of hydrogen-bond acceptors (Lipinski definition) is 14. The zero-order valence-electron chi connectivity index (χ0n) is 46.3. The molecule has 0 spiro atoms. The summed E-state index contributed by atoms with van der Waals surface area (Å²) in [7, 11) is 0. The maximum Gasteiger partial charge on any atom is 0.306 e. The van der Waals surface area contributed by atoms with E-state index < -0.39 is 86.7 Å². The number of carbonyl (C=O) groups is 1. The molecule has 11 unspecified atom stereocenters. The lowest BCUT2D eigenvalue weighted by atomic mass is 9.98. The van der Waals surface area contributed by atoms with Crippen LogP contribution in [0.1, 0.15) is 194 Å². The molecule has 0 saturated carbocycles. The molecule has 0 amide bonds. The average molecular weight is 1060 g/mol. The summed E-state index contributed by atoms with van der Waals surface area (Å²) < 4.78 is 34.4. The minimum absolute atomic E-state index is 0.0439. The van der Waals surface area contributed by atoms with Crippen LogP contribution in [0.4, 0.5) is 0 Å². The molecule has 2 fully saturated rings. The molecule has 2 saturated heterocycles. The number of unbranched alkanes of at least 4 members (excludes halogenated alkanes) is 18. The molecule has 14 heteroatoms. The highest BCUT2D eigenvalue weighted by Crippen LogP contribution is 2.26. The minimum Gasteiger partial charge on any atom is -0.457 e. The fraction of sp³-hybridized carbons (Fsp3) is 0.754. The Hall–Kier alpha value is -2.83. The Morgan fingerprint density at radius 1 is 0.453 bits per heavy atom. The lowest BCUT2D eigenvalue weighted by molar-refractivity contribution is -0.332. The Kier molecular flexibility index (Phi) is 43.0. The van der Waals surface area contributed by atoms with Crippen LogP contribution in [0.25, 0.3) is 0 Å². The third kappa shape index (κ3) is 33.9. The largest absolute Gasteiger partial charge is 0.457 e. The van der Waals surface area contributed by atoms with Crippen LogP contribution in [0.3, 0.4) is 0 Å². The van der Waals surface area contributed by atoms with Gasteiger partial charge in [-0.25, -0.2) is 0 Å². The van der Waals surface area contributed by atoms with Gasteiger partial charge in [0.15, 0.2) is 12.6 Å². The molecule has 75 heavy (non-hydrogen) atoms. The maximum atomic E-state index is 13.1. The van der Waals surface area contributed by atoms with Gasteiger partial charge in [0.2, 0.25) is 0 Å². The third-order valence-electron chi connectivity index (χ3n) is 13.4. The Bertz CT molecular complexity index is 1560. The van der Waals surface area contributed by atoms with E-state index in [1.807, 2.05) is 0 Å². The van der Waals surface area contributed by atoms with E-state index in [1.165, 1.54) is 57.8 Å². The van der Waals surface area contributed by atoms with Crippen molar-refractivity contribution in [1.82, 2.24) is 0 Å². The van der Waals surface area contributed by atoms with E-state index in [0.29, 0.717) is 13.0 Å². The van der Waals surface area contributed by atoms with E-state index in [-0.39, 0.29) is 19.6 Å². The van der Waals surface area contributed by atoms with Gasteiger partial charge >= 0.3 is 5.97 Å². The first-order chi connectivity index (χ1) is 36.6. The summed E-state index contributed by atoms with van der Waals surface area (Å²) in [6.07, 6.45) is 44.9. The molecule has 0 radical (unpaired) electrons. The summed E-state index contributed by atoms with van der Waals surface area (Å²) in [4.78, 5) is 13.1. The van der Waals surface area contributed by atoms with Crippen LogP contribution in [0.2, 0.25) is 0 Å². The van der Waals surface area contributed by atoms with Crippen molar-refractivity contribution in [3.63, 3.8) is 0 Å². The highest BCUT2D eigenvalue weighted by atomic mass is 16.7. The zero-order valence-corrected chi connectivity index (χ0v) is 46.3. The molecule has 2 heterocycles. The van der Waals surface area contributed by atoms with Crippen LogP contribution in [-0.2, 0) is 33.2 Å². The summed E-state index contributed by atoms with van der Waals surface area (Å²) in [6.45, 7) is 3.52. The van der Waals surface area contributed by atoms with E-state index in [9.17, 15) is 40.5 Å².